The van der Waals surface area contributed by atoms with Crippen LogP contribution in [0.2, 0.25) is 0 Å². The van der Waals surface area contributed by atoms with Gasteiger partial charge in [-0.3, -0.25) is 10.1 Å². The van der Waals surface area contributed by atoms with Crippen LogP contribution in [0, 0.1) is 27.3 Å². The topological polar surface area (TPSA) is 101 Å². The van der Waals surface area contributed by atoms with Gasteiger partial charge in [-0.25, -0.2) is 9.37 Å². The van der Waals surface area contributed by atoms with Crippen LogP contribution >= 0.6 is 11.3 Å². The predicted octanol–water partition coefficient (Wildman–Crippen LogP) is 4.84. The van der Waals surface area contributed by atoms with Gasteiger partial charge < -0.3 is 10.1 Å². The summed E-state index contributed by atoms with van der Waals surface area (Å²) in [6.45, 7) is 0. The molecule has 0 aliphatic rings. The lowest BCUT2D eigenvalue weighted by atomic mass is 10.2. The molecule has 0 radical (unpaired) electrons. The van der Waals surface area contributed by atoms with Crippen molar-refractivity contribution in [1.82, 2.24) is 4.98 Å². The maximum Gasteiger partial charge on any atom is 0.295 e. The number of benzene rings is 2. The molecule has 0 saturated carbocycles. The van der Waals surface area contributed by atoms with Gasteiger partial charge >= 0.3 is 0 Å². The maximum atomic E-state index is 13.2. The van der Waals surface area contributed by atoms with Crippen molar-refractivity contribution in [3.63, 3.8) is 0 Å². The summed E-state index contributed by atoms with van der Waals surface area (Å²) in [5.41, 5.74) is 1.40. The minimum Gasteiger partial charge on any atom is -0.497 e. The Labute approximate surface area is 163 Å². The number of methoxy groups -OCH3 is 1. The number of thiazole rings is 1. The molecule has 3 aromatic rings. The highest BCUT2D eigenvalue weighted by Gasteiger charge is 2.15. The van der Waals surface area contributed by atoms with Gasteiger partial charge in [-0.15, -0.1) is 11.3 Å². The average Bonchev–Trinajstić information content (AvgIpc) is 3.19. The molecule has 0 fully saturated rings. The maximum absolute atomic E-state index is 13.2. The van der Waals surface area contributed by atoms with Gasteiger partial charge in [0.1, 0.15) is 33.9 Å². The van der Waals surface area contributed by atoms with Crippen molar-refractivity contribution in [3.05, 3.63) is 75.0 Å². The minimum absolute atomic E-state index is 0.0751. The molecule has 9 heteroatoms. The highest BCUT2D eigenvalue weighted by Crippen LogP contribution is 2.29. The second-order valence-electron chi connectivity index (χ2n) is 5.50. The van der Waals surface area contributed by atoms with Crippen LogP contribution in [-0.4, -0.2) is 17.0 Å². The number of aromatic nitrogens is 1. The standard InChI is InChI=1S/C19H13FN4O3S/c1-27-15-5-2-12(3-6-15)17-11-28-19(23-17)13(9-21)10-22-16-7-4-14(20)8-18(16)24(25)26/h2-8,10-11,22H,1H3/b13-10+. The monoisotopic (exact) mass is 396 g/mol. The van der Waals surface area contributed by atoms with E-state index in [9.17, 15) is 19.8 Å². The molecule has 1 aromatic heterocycles. The Morgan fingerprint density at radius 1 is 1.36 bits per heavy atom. The molecule has 0 bridgehead atoms. The van der Waals surface area contributed by atoms with E-state index in [1.807, 2.05) is 35.7 Å². The Kier molecular flexibility index (Phi) is 5.62. The summed E-state index contributed by atoms with van der Waals surface area (Å²) in [6, 6.07) is 12.5. The molecule has 0 unspecified atom stereocenters. The lowest BCUT2D eigenvalue weighted by molar-refractivity contribution is -0.384. The van der Waals surface area contributed by atoms with E-state index in [1.54, 1.807) is 7.11 Å². The molecule has 3 rings (SSSR count). The average molecular weight is 396 g/mol. The van der Waals surface area contributed by atoms with E-state index in [0.29, 0.717) is 10.7 Å². The highest BCUT2D eigenvalue weighted by atomic mass is 32.1. The third-order valence-corrected chi connectivity index (χ3v) is 4.64. The SMILES string of the molecule is COc1ccc(-c2csc(/C(C#N)=C/Nc3ccc(F)cc3[N+](=O)[O-])n2)cc1. The molecule has 7 nitrogen and oxygen atoms in total. The number of nitrogens with zero attached hydrogens (tertiary/aromatic N) is 3. The Morgan fingerprint density at radius 2 is 2.11 bits per heavy atom. The van der Waals surface area contributed by atoms with Gasteiger partial charge in [0.05, 0.1) is 23.8 Å². The summed E-state index contributed by atoms with van der Waals surface area (Å²) in [6.07, 6.45) is 1.32. The predicted molar refractivity (Wildman–Crippen MR) is 104 cm³/mol. The molecule has 0 saturated heterocycles. The molecular formula is C19H13FN4O3S. The van der Waals surface area contributed by atoms with Crippen molar-refractivity contribution in [3.8, 4) is 23.1 Å². The van der Waals surface area contributed by atoms with E-state index in [-0.39, 0.29) is 11.3 Å². The van der Waals surface area contributed by atoms with Crippen LogP contribution in [0.5, 0.6) is 5.75 Å². The van der Waals surface area contributed by atoms with Gasteiger partial charge in [0.2, 0.25) is 0 Å². The number of nitriles is 1. The number of hydrogen-bond donors (Lipinski definition) is 1. The summed E-state index contributed by atoms with van der Waals surface area (Å²) < 4.78 is 18.4. The number of nitrogens with one attached hydrogen (secondary N) is 1. The zero-order valence-corrected chi connectivity index (χ0v) is 15.4. The van der Waals surface area contributed by atoms with Crippen LogP contribution in [0.1, 0.15) is 5.01 Å². The smallest absolute Gasteiger partial charge is 0.295 e. The van der Waals surface area contributed by atoms with Crippen LogP contribution in [0.25, 0.3) is 16.8 Å². The number of hydrogen-bond acceptors (Lipinski definition) is 7. The largest absolute Gasteiger partial charge is 0.497 e. The fourth-order valence-electron chi connectivity index (χ4n) is 2.36. The number of rotatable bonds is 6. The number of halogens is 1. The molecule has 0 amide bonds. The van der Waals surface area contributed by atoms with Crippen molar-refractivity contribution >= 4 is 28.3 Å². The molecule has 1 N–H and O–H groups in total. The van der Waals surface area contributed by atoms with Gasteiger partial charge in [-0.1, -0.05) is 0 Å². The first-order chi connectivity index (χ1) is 13.5. The fourth-order valence-corrected chi connectivity index (χ4v) is 3.16. The lowest BCUT2D eigenvalue weighted by Crippen LogP contribution is -1.97. The molecule has 0 aliphatic heterocycles. The normalized spacial score (nSPS) is 11.0. The summed E-state index contributed by atoms with van der Waals surface area (Å²) in [5, 5.41) is 25.4. The summed E-state index contributed by atoms with van der Waals surface area (Å²) in [7, 11) is 1.58. The van der Waals surface area contributed by atoms with Crippen LogP contribution in [-0.2, 0) is 0 Å². The summed E-state index contributed by atoms with van der Waals surface area (Å²) >= 11 is 1.27. The molecule has 0 spiro atoms. The number of allylic oxidation sites excluding steroid dienone is 1. The first-order valence-corrected chi connectivity index (χ1v) is 8.81. The second-order valence-corrected chi connectivity index (χ2v) is 6.36. The highest BCUT2D eigenvalue weighted by molar-refractivity contribution is 7.11. The number of ether oxygens (including phenoxy) is 1. The van der Waals surface area contributed by atoms with Crippen LogP contribution in [0.3, 0.4) is 0 Å². The van der Waals surface area contributed by atoms with Gasteiger partial charge in [0.25, 0.3) is 5.69 Å². The molecule has 140 valence electrons. The van der Waals surface area contributed by atoms with E-state index < -0.39 is 16.4 Å². The second kappa shape index (κ2) is 8.28. The van der Waals surface area contributed by atoms with E-state index in [1.165, 1.54) is 23.6 Å². The number of nitro groups is 1. The summed E-state index contributed by atoms with van der Waals surface area (Å²) in [5.74, 6) is 0.00713. The van der Waals surface area contributed by atoms with Crippen molar-refractivity contribution in [2.75, 3.05) is 12.4 Å². The number of anilines is 1. The van der Waals surface area contributed by atoms with Crippen LogP contribution < -0.4 is 10.1 Å². The molecule has 28 heavy (non-hydrogen) atoms. The van der Waals surface area contributed by atoms with Gasteiger partial charge in [-0.05, 0) is 36.4 Å². The molecule has 0 aliphatic carbocycles. The van der Waals surface area contributed by atoms with E-state index in [2.05, 4.69) is 10.3 Å². The zero-order valence-electron chi connectivity index (χ0n) is 14.5. The minimum atomic E-state index is -0.717. The third kappa shape index (κ3) is 4.13. The fraction of sp³-hybridized carbons (Fsp3) is 0.0526. The van der Waals surface area contributed by atoms with Crippen LogP contribution in [0.4, 0.5) is 15.8 Å². The third-order valence-electron chi connectivity index (χ3n) is 3.77. The quantitative estimate of drug-likeness (QED) is 0.363. The Balaban J connectivity index is 1.85. The van der Waals surface area contributed by atoms with E-state index in [4.69, 9.17) is 4.74 Å². The first-order valence-electron chi connectivity index (χ1n) is 7.93. The van der Waals surface area contributed by atoms with E-state index in [0.717, 1.165) is 23.4 Å². The molecule has 2 aromatic carbocycles. The van der Waals surface area contributed by atoms with Crippen LogP contribution in [0.15, 0.2) is 54.0 Å². The first kappa shape index (κ1) is 19.0. The van der Waals surface area contributed by atoms with E-state index >= 15 is 0 Å². The molecular weight excluding hydrogens is 383 g/mol. The zero-order chi connectivity index (χ0) is 20.1. The summed E-state index contributed by atoms with van der Waals surface area (Å²) in [4.78, 5) is 14.8. The van der Waals surface area contributed by atoms with Crippen molar-refractivity contribution < 1.29 is 14.1 Å². The van der Waals surface area contributed by atoms with Crippen molar-refractivity contribution in [2.45, 2.75) is 0 Å². The number of nitro benzene ring substituents is 1. The Bertz CT molecular complexity index is 1090. The Morgan fingerprint density at radius 3 is 2.75 bits per heavy atom. The molecule has 1 heterocycles. The van der Waals surface area contributed by atoms with Gasteiger partial charge in [0.15, 0.2) is 0 Å². The Hall–Kier alpha value is -3.77. The van der Waals surface area contributed by atoms with Crippen molar-refractivity contribution in [2.24, 2.45) is 0 Å². The lowest BCUT2D eigenvalue weighted by Gasteiger charge is -2.03. The van der Waals surface area contributed by atoms with Crippen molar-refractivity contribution in [1.29, 1.82) is 5.26 Å². The van der Waals surface area contributed by atoms with Gasteiger partial charge in [-0.2, -0.15) is 5.26 Å². The van der Waals surface area contributed by atoms with Gasteiger partial charge in [0, 0.05) is 17.1 Å². The molecule has 0 atom stereocenters.